The molecule has 0 radical (unpaired) electrons. The third kappa shape index (κ3) is 4.56. The summed E-state index contributed by atoms with van der Waals surface area (Å²) in [5.41, 5.74) is 0.369. The van der Waals surface area contributed by atoms with Gasteiger partial charge in [0.05, 0.1) is 40.8 Å². The Balaban J connectivity index is 1.32. The summed E-state index contributed by atoms with van der Waals surface area (Å²) in [6, 6.07) is 5.71. The molecule has 0 bridgehead atoms. The number of fused-ring (bicyclic) bond motifs is 2. The average molecular weight is 658 g/mol. The number of aliphatic hydroxyl groups excluding tert-OH is 1. The standard InChI is InChI=1S/C27H24F5N5O5S2/c1-17-11-36(16-33-17)23-7-2-18(22-10-34-41-24(22)23)8-19-9-26(14-43(39,40)15-26)12-37-25(19)35-42-27(37,13-38)20-3-5-21(6-4-20)44(28,29,30,31)32/h2-8,10-11,16,38H,9,12-15H2,1H3. The number of amidine groups is 1. The fourth-order valence-corrected chi connectivity index (χ4v) is 9.14. The van der Waals surface area contributed by atoms with Crippen molar-refractivity contribution in [3.63, 3.8) is 0 Å². The Morgan fingerprint density at radius 2 is 1.82 bits per heavy atom. The predicted molar refractivity (Wildman–Crippen MR) is 151 cm³/mol. The highest BCUT2D eigenvalue weighted by molar-refractivity contribution is 8.45. The molecule has 1 unspecified atom stereocenters. The lowest BCUT2D eigenvalue weighted by Crippen LogP contribution is -2.63. The van der Waals surface area contributed by atoms with Gasteiger partial charge in [0.1, 0.15) is 11.5 Å². The lowest BCUT2D eigenvalue weighted by Gasteiger charge is -2.51. The third-order valence-corrected chi connectivity index (χ3v) is 11.5. The molecule has 1 N–H and O–H groups in total. The maximum absolute atomic E-state index is 13.4. The van der Waals surface area contributed by atoms with Gasteiger partial charge in [-0.25, -0.2) is 13.4 Å². The van der Waals surface area contributed by atoms with Crippen LogP contribution >= 0.6 is 10.2 Å². The van der Waals surface area contributed by atoms with Gasteiger partial charge in [0.25, 0.3) is 5.72 Å². The van der Waals surface area contributed by atoms with Gasteiger partial charge < -0.3 is 23.9 Å². The lowest BCUT2D eigenvalue weighted by molar-refractivity contribution is -0.144. The van der Waals surface area contributed by atoms with E-state index in [2.05, 4.69) is 15.3 Å². The van der Waals surface area contributed by atoms with Gasteiger partial charge in [-0.1, -0.05) is 47.9 Å². The average Bonchev–Trinajstić information content (AvgIpc) is 3.66. The Morgan fingerprint density at radius 1 is 1.09 bits per heavy atom. The second-order valence-electron chi connectivity index (χ2n) is 11.6. The van der Waals surface area contributed by atoms with E-state index < -0.39 is 42.7 Å². The van der Waals surface area contributed by atoms with E-state index >= 15 is 0 Å². The zero-order valence-corrected chi connectivity index (χ0v) is 24.5. The van der Waals surface area contributed by atoms with Crippen molar-refractivity contribution in [3.05, 3.63) is 77.5 Å². The van der Waals surface area contributed by atoms with Crippen LogP contribution in [0.2, 0.25) is 0 Å². The van der Waals surface area contributed by atoms with Gasteiger partial charge >= 0.3 is 10.2 Å². The second-order valence-corrected chi connectivity index (χ2v) is 16.0. The van der Waals surface area contributed by atoms with Crippen LogP contribution in [0.5, 0.6) is 0 Å². The lowest BCUT2D eigenvalue weighted by atomic mass is 9.78. The Morgan fingerprint density at radius 3 is 2.43 bits per heavy atom. The van der Waals surface area contributed by atoms with Crippen molar-refractivity contribution >= 4 is 42.9 Å². The molecular weight excluding hydrogens is 633 g/mol. The number of oxime groups is 1. The molecule has 4 aromatic rings. The third-order valence-electron chi connectivity index (χ3n) is 8.19. The molecule has 234 valence electrons. The van der Waals surface area contributed by atoms with Crippen molar-refractivity contribution in [2.24, 2.45) is 10.6 Å². The Labute approximate surface area is 247 Å². The summed E-state index contributed by atoms with van der Waals surface area (Å²) in [7, 11) is -13.3. The summed E-state index contributed by atoms with van der Waals surface area (Å²) in [6.07, 6.45) is 7.02. The highest BCUT2D eigenvalue weighted by Gasteiger charge is 2.66. The van der Waals surface area contributed by atoms with Gasteiger partial charge in [-0.05, 0) is 48.8 Å². The summed E-state index contributed by atoms with van der Waals surface area (Å²) >= 11 is 0. The summed E-state index contributed by atoms with van der Waals surface area (Å²) < 4.78 is 99.1. The molecule has 0 amide bonds. The number of hydrogen-bond acceptors (Lipinski definition) is 9. The number of imidazole rings is 1. The van der Waals surface area contributed by atoms with Crippen molar-refractivity contribution in [1.29, 1.82) is 0 Å². The largest absolute Gasteiger partial charge is 0.390 e. The van der Waals surface area contributed by atoms with Crippen LogP contribution in [0.25, 0.3) is 22.7 Å². The summed E-state index contributed by atoms with van der Waals surface area (Å²) in [6.45, 7) is 1.06. The Bertz CT molecular complexity index is 2010. The molecule has 0 aliphatic carbocycles. The maximum Gasteiger partial charge on any atom is 0.310 e. The molecule has 2 aromatic heterocycles. The Hall–Kier alpha value is -3.96. The van der Waals surface area contributed by atoms with Crippen LogP contribution in [0.1, 0.15) is 23.2 Å². The molecule has 0 saturated carbocycles. The number of nitrogens with zero attached hydrogens (tertiary/aromatic N) is 5. The summed E-state index contributed by atoms with van der Waals surface area (Å²) in [4.78, 5) is 9.36. The number of halogens is 5. The fourth-order valence-electron chi connectivity index (χ4n) is 6.32. The maximum atomic E-state index is 13.4. The van der Waals surface area contributed by atoms with Crippen molar-refractivity contribution in [2.45, 2.75) is 24.0 Å². The van der Waals surface area contributed by atoms with Crippen molar-refractivity contribution in [3.8, 4) is 5.69 Å². The molecule has 5 heterocycles. The molecule has 44 heavy (non-hydrogen) atoms. The first-order chi connectivity index (χ1) is 20.4. The normalized spacial score (nSPS) is 24.8. The first-order valence-electron chi connectivity index (χ1n) is 13.2. The van der Waals surface area contributed by atoms with E-state index in [4.69, 9.17) is 9.36 Å². The van der Waals surface area contributed by atoms with E-state index in [1.807, 2.05) is 19.2 Å². The molecular formula is C27H24F5N5O5S2. The van der Waals surface area contributed by atoms with Gasteiger partial charge in [-0.3, -0.25) is 0 Å². The first-order valence-corrected chi connectivity index (χ1v) is 17.0. The SMILES string of the molecule is Cc1cn(-c2ccc(C=C3CC4(CN5C3=NOC5(CO)c3ccc(S(F)(F)(F)(F)F)cc3)CS(=O)(=O)C4)c3cnoc23)cn1. The zero-order valence-electron chi connectivity index (χ0n) is 22.8. The van der Waals surface area contributed by atoms with Crippen LogP contribution in [0.4, 0.5) is 19.4 Å². The minimum atomic E-state index is -9.96. The second kappa shape index (κ2) is 8.39. The number of benzene rings is 2. The van der Waals surface area contributed by atoms with E-state index in [-0.39, 0.29) is 48.0 Å². The topological polar surface area (TPSA) is 123 Å². The molecule has 3 aliphatic rings. The Kier molecular flexibility index (Phi) is 5.49. The molecule has 1 spiro atoms. The van der Waals surface area contributed by atoms with E-state index in [0.29, 0.717) is 27.8 Å². The van der Waals surface area contributed by atoms with Gasteiger partial charge in [-0.2, -0.15) is 0 Å². The minimum Gasteiger partial charge on any atom is -0.390 e. The molecule has 1 atom stereocenters. The van der Waals surface area contributed by atoms with Crippen LogP contribution < -0.4 is 0 Å². The molecule has 2 aromatic carbocycles. The number of aromatic nitrogens is 3. The van der Waals surface area contributed by atoms with Crippen molar-refractivity contribution in [1.82, 2.24) is 19.6 Å². The van der Waals surface area contributed by atoms with Crippen molar-refractivity contribution in [2.75, 3.05) is 24.7 Å². The highest BCUT2D eigenvalue weighted by Crippen LogP contribution is 3.02. The number of piperidine rings is 1. The fraction of sp³-hybridized carbons (Fsp3) is 0.296. The summed E-state index contributed by atoms with van der Waals surface area (Å²) in [5.74, 6) is -0.120. The molecule has 2 saturated heterocycles. The van der Waals surface area contributed by atoms with E-state index in [1.165, 1.54) is 11.1 Å². The van der Waals surface area contributed by atoms with Gasteiger partial charge in [0, 0.05) is 23.7 Å². The van der Waals surface area contributed by atoms with Crippen LogP contribution in [0, 0.1) is 12.3 Å². The summed E-state index contributed by atoms with van der Waals surface area (Å²) in [5, 5.41) is 19.3. The van der Waals surface area contributed by atoms with Crippen LogP contribution in [-0.2, 0) is 20.4 Å². The number of aliphatic hydroxyl groups is 1. The van der Waals surface area contributed by atoms with Gasteiger partial charge in [-0.15, -0.1) is 0 Å². The number of hydrogen-bond donors (Lipinski definition) is 1. The van der Waals surface area contributed by atoms with Crippen LogP contribution in [0.3, 0.4) is 0 Å². The molecule has 3 aliphatic heterocycles. The molecule has 17 heteroatoms. The smallest absolute Gasteiger partial charge is 0.310 e. The zero-order chi connectivity index (χ0) is 31.4. The van der Waals surface area contributed by atoms with Gasteiger partial charge in [0.2, 0.25) is 0 Å². The highest BCUT2D eigenvalue weighted by atomic mass is 32.5. The van der Waals surface area contributed by atoms with E-state index in [0.717, 1.165) is 17.8 Å². The van der Waals surface area contributed by atoms with Gasteiger partial charge in [0.15, 0.2) is 21.3 Å². The minimum absolute atomic E-state index is 0.0356. The van der Waals surface area contributed by atoms with E-state index in [9.17, 15) is 33.0 Å². The number of aryl methyl sites for hydroxylation is 1. The monoisotopic (exact) mass is 657 g/mol. The van der Waals surface area contributed by atoms with E-state index in [1.54, 1.807) is 23.0 Å². The number of rotatable bonds is 5. The van der Waals surface area contributed by atoms with Crippen LogP contribution in [-0.4, -0.2) is 63.6 Å². The molecule has 10 nitrogen and oxygen atoms in total. The van der Waals surface area contributed by atoms with Crippen LogP contribution in [0.15, 0.2) is 75.3 Å². The molecule has 7 rings (SSSR count). The number of sulfone groups is 1. The van der Waals surface area contributed by atoms with Crippen molar-refractivity contribution < 1.29 is 42.3 Å². The molecule has 2 fully saturated rings. The predicted octanol–water partition coefficient (Wildman–Crippen LogP) is 5.67. The quantitative estimate of drug-likeness (QED) is 0.273. The first kappa shape index (κ1) is 28.8.